The van der Waals surface area contributed by atoms with Crippen molar-refractivity contribution in [2.24, 2.45) is 0 Å². The van der Waals surface area contributed by atoms with Gasteiger partial charge in [0.1, 0.15) is 6.61 Å². The summed E-state index contributed by atoms with van der Waals surface area (Å²) in [7, 11) is 1.60. The van der Waals surface area contributed by atoms with Crippen molar-refractivity contribution < 1.29 is 23.8 Å². The van der Waals surface area contributed by atoms with Gasteiger partial charge in [0.2, 0.25) is 0 Å². The summed E-state index contributed by atoms with van der Waals surface area (Å²) in [6, 6.07) is 0. The molecule has 1 aromatic carbocycles. The average Bonchev–Trinajstić information content (AvgIpc) is 3.02. The Bertz CT molecular complexity index is 916. The van der Waals surface area contributed by atoms with Crippen LogP contribution in [0.25, 0.3) is 17.0 Å². The van der Waals surface area contributed by atoms with Crippen LogP contribution >= 0.6 is 0 Å². The van der Waals surface area contributed by atoms with Crippen LogP contribution in [0.2, 0.25) is 0 Å². The normalized spacial score (nSPS) is 19.5. The first kappa shape index (κ1) is 18.3. The van der Waals surface area contributed by atoms with Crippen molar-refractivity contribution in [1.29, 1.82) is 0 Å². The van der Waals surface area contributed by atoms with E-state index in [1.165, 1.54) is 0 Å². The summed E-state index contributed by atoms with van der Waals surface area (Å²) >= 11 is 0. The maximum atomic E-state index is 12.1. The van der Waals surface area contributed by atoms with Crippen LogP contribution in [0.15, 0.2) is 28.4 Å². The minimum absolute atomic E-state index is 0.109. The van der Waals surface area contributed by atoms with E-state index in [4.69, 9.17) is 13.9 Å². The number of hydrogen-bond donors (Lipinski definition) is 1. The molecule has 2 aromatic rings. The molecule has 3 rings (SSSR count). The highest BCUT2D eigenvalue weighted by atomic mass is 16.5. The fraction of sp³-hybridized carbons (Fsp3) is 0.381. The van der Waals surface area contributed by atoms with Gasteiger partial charge in [0, 0.05) is 28.0 Å². The SMILES string of the molecule is CC=C(C)C(=O)OCc1c2c(c(OC)c3occ(C)c13)C=C[C@@H](O)[C@@H]2C. The van der Waals surface area contributed by atoms with E-state index in [0.29, 0.717) is 16.9 Å². The lowest BCUT2D eigenvalue weighted by atomic mass is 9.81. The molecule has 1 aromatic heterocycles. The van der Waals surface area contributed by atoms with Crippen molar-refractivity contribution >= 4 is 23.0 Å². The van der Waals surface area contributed by atoms with E-state index in [0.717, 1.165) is 27.6 Å². The summed E-state index contributed by atoms with van der Waals surface area (Å²) in [5.41, 5.74) is 4.77. The number of esters is 1. The highest BCUT2D eigenvalue weighted by Gasteiger charge is 2.31. The van der Waals surface area contributed by atoms with E-state index in [1.807, 2.05) is 19.9 Å². The lowest BCUT2D eigenvalue weighted by Gasteiger charge is -2.28. The zero-order valence-electron chi connectivity index (χ0n) is 15.8. The summed E-state index contributed by atoms with van der Waals surface area (Å²) in [5.74, 6) is 0.128. The second kappa shape index (κ2) is 7.00. The van der Waals surface area contributed by atoms with Crippen LogP contribution in [-0.4, -0.2) is 24.3 Å². The Morgan fingerprint density at radius 2 is 2.15 bits per heavy atom. The van der Waals surface area contributed by atoms with Crippen LogP contribution in [0, 0.1) is 6.92 Å². The zero-order chi connectivity index (χ0) is 19.0. The Hall–Kier alpha value is -2.53. The number of hydrogen-bond acceptors (Lipinski definition) is 5. The largest absolute Gasteiger partial charge is 0.492 e. The smallest absolute Gasteiger partial charge is 0.333 e. The Balaban J connectivity index is 2.22. The number of aryl methyl sites for hydroxylation is 1. The number of aliphatic hydroxyl groups is 1. The third kappa shape index (κ3) is 2.82. The number of allylic oxidation sites excluding steroid dienone is 1. The molecule has 1 N–H and O–H groups in total. The Kier molecular flexibility index (Phi) is 4.92. The molecular formula is C21H24O5. The van der Waals surface area contributed by atoms with E-state index < -0.39 is 6.10 Å². The molecule has 0 saturated heterocycles. The molecule has 0 fully saturated rings. The third-order valence-electron chi connectivity index (χ3n) is 5.08. The Labute approximate surface area is 152 Å². The number of methoxy groups -OCH3 is 1. The van der Waals surface area contributed by atoms with Crippen molar-refractivity contribution in [2.75, 3.05) is 7.11 Å². The van der Waals surface area contributed by atoms with Gasteiger partial charge in [-0.1, -0.05) is 25.2 Å². The van der Waals surface area contributed by atoms with Crippen LogP contribution in [0.1, 0.15) is 48.9 Å². The molecule has 2 atom stereocenters. The molecule has 0 aliphatic heterocycles. The minimum Gasteiger partial charge on any atom is -0.492 e. The van der Waals surface area contributed by atoms with Gasteiger partial charge in [-0.05, 0) is 31.9 Å². The van der Waals surface area contributed by atoms with Gasteiger partial charge in [-0.15, -0.1) is 0 Å². The van der Waals surface area contributed by atoms with Crippen molar-refractivity contribution in [3.8, 4) is 5.75 Å². The molecule has 26 heavy (non-hydrogen) atoms. The Morgan fingerprint density at radius 1 is 1.42 bits per heavy atom. The summed E-state index contributed by atoms with van der Waals surface area (Å²) in [6.45, 7) is 7.53. The van der Waals surface area contributed by atoms with Crippen LogP contribution < -0.4 is 4.74 Å². The maximum Gasteiger partial charge on any atom is 0.333 e. The third-order valence-corrected chi connectivity index (χ3v) is 5.08. The van der Waals surface area contributed by atoms with Crippen molar-refractivity contribution in [3.63, 3.8) is 0 Å². The van der Waals surface area contributed by atoms with Gasteiger partial charge < -0.3 is 19.0 Å². The molecule has 5 heteroatoms. The number of aliphatic hydroxyl groups excluding tert-OH is 1. The van der Waals surface area contributed by atoms with Crippen LogP contribution in [-0.2, 0) is 16.1 Å². The summed E-state index contributed by atoms with van der Waals surface area (Å²) in [4.78, 5) is 12.1. The van der Waals surface area contributed by atoms with Gasteiger partial charge in [-0.3, -0.25) is 0 Å². The number of ether oxygens (including phenoxy) is 2. The van der Waals surface area contributed by atoms with Gasteiger partial charge in [0.05, 0.1) is 19.5 Å². The topological polar surface area (TPSA) is 68.9 Å². The molecular weight excluding hydrogens is 332 g/mol. The first-order chi connectivity index (χ1) is 12.4. The van der Waals surface area contributed by atoms with Crippen molar-refractivity contribution in [2.45, 2.75) is 46.3 Å². The fourth-order valence-corrected chi connectivity index (χ4v) is 3.47. The van der Waals surface area contributed by atoms with E-state index in [1.54, 1.807) is 39.4 Å². The number of furan rings is 1. The fourth-order valence-electron chi connectivity index (χ4n) is 3.47. The summed E-state index contributed by atoms with van der Waals surface area (Å²) in [6.07, 6.45) is 6.38. The average molecular weight is 356 g/mol. The molecule has 5 nitrogen and oxygen atoms in total. The predicted molar refractivity (Wildman–Crippen MR) is 100 cm³/mol. The molecule has 1 heterocycles. The molecule has 1 aliphatic carbocycles. The molecule has 1 aliphatic rings. The van der Waals surface area contributed by atoms with Crippen LogP contribution in [0.5, 0.6) is 5.75 Å². The second-order valence-corrected chi connectivity index (χ2v) is 6.65. The number of rotatable bonds is 4. The van der Waals surface area contributed by atoms with E-state index >= 15 is 0 Å². The van der Waals surface area contributed by atoms with Crippen LogP contribution in [0.3, 0.4) is 0 Å². The molecule has 0 saturated carbocycles. The molecule has 0 spiro atoms. The molecule has 0 bridgehead atoms. The predicted octanol–water partition coefficient (Wildman–Crippen LogP) is 4.25. The van der Waals surface area contributed by atoms with Crippen molar-refractivity contribution in [3.05, 3.63) is 46.2 Å². The maximum absolute atomic E-state index is 12.1. The van der Waals surface area contributed by atoms with Gasteiger partial charge in [-0.2, -0.15) is 0 Å². The first-order valence-corrected chi connectivity index (χ1v) is 8.67. The monoisotopic (exact) mass is 356 g/mol. The summed E-state index contributed by atoms with van der Waals surface area (Å²) in [5, 5.41) is 11.2. The van der Waals surface area contributed by atoms with E-state index in [-0.39, 0.29) is 18.5 Å². The Morgan fingerprint density at radius 3 is 2.81 bits per heavy atom. The van der Waals surface area contributed by atoms with E-state index in [9.17, 15) is 9.90 Å². The molecule has 138 valence electrons. The molecule has 0 unspecified atom stereocenters. The first-order valence-electron chi connectivity index (χ1n) is 8.67. The minimum atomic E-state index is -0.608. The number of carbonyl (C=O) groups is 1. The van der Waals surface area contributed by atoms with Gasteiger partial charge >= 0.3 is 5.97 Å². The lowest BCUT2D eigenvalue weighted by molar-refractivity contribution is -0.140. The number of carbonyl (C=O) groups excluding carboxylic acids is 1. The van der Waals surface area contributed by atoms with Crippen molar-refractivity contribution in [1.82, 2.24) is 0 Å². The number of fused-ring (bicyclic) bond motifs is 2. The van der Waals surface area contributed by atoms with Gasteiger partial charge in [0.25, 0.3) is 0 Å². The van der Waals surface area contributed by atoms with Gasteiger partial charge in [0.15, 0.2) is 11.3 Å². The quantitative estimate of drug-likeness (QED) is 0.655. The van der Waals surface area contributed by atoms with Crippen LogP contribution in [0.4, 0.5) is 0 Å². The highest BCUT2D eigenvalue weighted by Crippen LogP contribution is 2.45. The molecule has 0 radical (unpaired) electrons. The number of benzene rings is 1. The second-order valence-electron chi connectivity index (χ2n) is 6.65. The standard InChI is InChI=1S/C21H24O5/c1-6-11(2)21(23)26-10-15-17-12(3)9-25-20(17)19(24-5)14-7-8-16(22)13(4)18(14)15/h6-9,13,16,22H,10H2,1-5H3/t13-,16+/m0/s1. The van der Waals surface area contributed by atoms with E-state index in [2.05, 4.69) is 0 Å². The van der Waals surface area contributed by atoms with Gasteiger partial charge in [-0.25, -0.2) is 4.79 Å². The highest BCUT2D eigenvalue weighted by molar-refractivity contribution is 5.95. The zero-order valence-corrected chi connectivity index (χ0v) is 15.8. The molecule has 0 amide bonds. The summed E-state index contributed by atoms with van der Waals surface area (Å²) < 4.78 is 16.9. The lowest BCUT2D eigenvalue weighted by Crippen LogP contribution is -2.20.